The molecule has 1 fully saturated rings. The van der Waals surface area contributed by atoms with Gasteiger partial charge in [-0.25, -0.2) is 0 Å². The number of unbranched alkanes of at least 4 members (excludes halogenated alkanes) is 2. The monoisotopic (exact) mass is 195 g/mol. The maximum atomic E-state index is 3.97. The third-order valence-corrected chi connectivity index (χ3v) is 3.24. The van der Waals surface area contributed by atoms with Gasteiger partial charge in [0.15, 0.2) is 0 Å². The van der Waals surface area contributed by atoms with Gasteiger partial charge in [-0.15, -0.1) is 6.58 Å². The van der Waals surface area contributed by atoms with E-state index in [0.717, 1.165) is 0 Å². The van der Waals surface area contributed by atoms with Crippen LogP contribution in [0.1, 0.15) is 51.9 Å². The summed E-state index contributed by atoms with van der Waals surface area (Å²) in [5.41, 5.74) is 0. The Hall–Kier alpha value is -0.300. The van der Waals surface area contributed by atoms with Crippen LogP contribution in [0.3, 0.4) is 0 Å². The third-order valence-electron chi connectivity index (χ3n) is 3.24. The van der Waals surface area contributed by atoms with Gasteiger partial charge in [-0.1, -0.05) is 38.7 Å². The van der Waals surface area contributed by atoms with Gasteiger partial charge in [0.05, 0.1) is 0 Å². The quantitative estimate of drug-likeness (QED) is 0.462. The fourth-order valence-electron chi connectivity index (χ4n) is 2.30. The van der Waals surface area contributed by atoms with Crippen LogP contribution in [-0.2, 0) is 0 Å². The number of likely N-dealkylation sites (tertiary alicyclic amines) is 1. The Morgan fingerprint density at radius 3 is 2.50 bits per heavy atom. The van der Waals surface area contributed by atoms with E-state index >= 15 is 0 Å². The van der Waals surface area contributed by atoms with Crippen molar-refractivity contribution in [3.63, 3.8) is 0 Å². The molecule has 0 bridgehead atoms. The molecule has 0 N–H and O–H groups in total. The van der Waals surface area contributed by atoms with Gasteiger partial charge < -0.3 is 0 Å². The van der Waals surface area contributed by atoms with Gasteiger partial charge >= 0.3 is 0 Å². The maximum Gasteiger partial charge on any atom is 0.0275 e. The van der Waals surface area contributed by atoms with Crippen molar-refractivity contribution in [3.8, 4) is 0 Å². The van der Waals surface area contributed by atoms with Gasteiger partial charge in [0.25, 0.3) is 0 Å². The molecule has 1 heterocycles. The molecule has 0 amide bonds. The molecule has 1 aliphatic rings. The minimum atomic E-state index is 0.654. The van der Waals surface area contributed by atoms with Crippen molar-refractivity contribution < 1.29 is 0 Å². The second kappa shape index (κ2) is 7.05. The predicted octanol–water partition coefficient (Wildman–Crippen LogP) is 3.61. The lowest BCUT2D eigenvalue weighted by molar-refractivity contribution is 0.181. The second-order valence-electron chi connectivity index (χ2n) is 4.40. The van der Waals surface area contributed by atoms with Gasteiger partial charge in [-0.3, -0.25) is 4.90 Å². The lowest BCUT2D eigenvalue weighted by Crippen LogP contribution is -2.37. The molecule has 1 heteroatoms. The minimum absolute atomic E-state index is 0.654. The Kier molecular flexibility index (Phi) is 5.93. The first-order valence-electron chi connectivity index (χ1n) is 6.25. The van der Waals surface area contributed by atoms with E-state index in [1.54, 1.807) is 0 Å². The molecule has 0 aromatic heterocycles. The second-order valence-corrected chi connectivity index (χ2v) is 4.40. The summed E-state index contributed by atoms with van der Waals surface area (Å²) >= 11 is 0. The van der Waals surface area contributed by atoms with Crippen LogP contribution in [0.5, 0.6) is 0 Å². The minimum Gasteiger partial charge on any atom is -0.297 e. The highest BCUT2D eigenvalue weighted by molar-refractivity contribution is 4.88. The molecule has 0 spiro atoms. The fourth-order valence-corrected chi connectivity index (χ4v) is 2.30. The molecule has 1 rings (SSSR count). The lowest BCUT2D eigenvalue weighted by Gasteiger charge is -2.32. The summed E-state index contributed by atoms with van der Waals surface area (Å²) in [6.07, 6.45) is 11.7. The highest BCUT2D eigenvalue weighted by atomic mass is 15.2. The molecular weight excluding hydrogens is 170 g/mol. The molecule has 82 valence electrons. The van der Waals surface area contributed by atoms with E-state index in [1.165, 1.54) is 58.0 Å². The van der Waals surface area contributed by atoms with E-state index in [1.807, 2.05) is 0 Å². The summed E-state index contributed by atoms with van der Waals surface area (Å²) in [6, 6.07) is 0.654. The molecule has 1 aliphatic heterocycles. The summed E-state index contributed by atoms with van der Waals surface area (Å²) < 4.78 is 0. The molecule has 1 saturated heterocycles. The zero-order valence-electron chi connectivity index (χ0n) is 9.67. The first-order valence-corrected chi connectivity index (χ1v) is 6.25. The molecular formula is C13H25N. The van der Waals surface area contributed by atoms with E-state index in [9.17, 15) is 0 Å². The summed E-state index contributed by atoms with van der Waals surface area (Å²) in [4.78, 5) is 2.62. The molecule has 0 aliphatic carbocycles. The lowest BCUT2D eigenvalue weighted by atomic mass is 10.0. The number of nitrogens with zero attached hydrogens (tertiary/aromatic N) is 1. The van der Waals surface area contributed by atoms with Crippen LogP contribution in [0.2, 0.25) is 0 Å². The topological polar surface area (TPSA) is 3.24 Å². The van der Waals surface area contributed by atoms with Crippen molar-refractivity contribution >= 4 is 0 Å². The highest BCUT2D eigenvalue weighted by Gasteiger charge is 2.16. The van der Waals surface area contributed by atoms with E-state index in [4.69, 9.17) is 0 Å². The van der Waals surface area contributed by atoms with Gasteiger partial charge in [-0.05, 0) is 32.4 Å². The van der Waals surface area contributed by atoms with Crippen molar-refractivity contribution in [1.82, 2.24) is 4.90 Å². The van der Waals surface area contributed by atoms with Gasteiger partial charge in [0.1, 0.15) is 0 Å². The average Bonchev–Trinajstić information content (AvgIpc) is 2.26. The van der Waals surface area contributed by atoms with Crippen molar-refractivity contribution in [1.29, 1.82) is 0 Å². The van der Waals surface area contributed by atoms with E-state index in [-0.39, 0.29) is 0 Å². The Morgan fingerprint density at radius 1 is 1.21 bits per heavy atom. The van der Waals surface area contributed by atoms with Crippen molar-refractivity contribution in [2.75, 3.05) is 13.1 Å². The van der Waals surface area contributed by atoms with Crippen molar-refractivity contribution in [3.05, 3.63) is 12.7 Å². The molecule has 0 aromatic rings. The van der Waals surface area contributed by atoms with Gasteiger partial charge in [-0.2, -0.15) is 0 Å². The smallest absolute Gasteiger partial charge is 0.0275 e. The average molecular weight is 195 g/mol. The van der Waals surface area contributed by atoms with E-state index < -0.39 is 0 Å². The maximum absolute atomic E-state index is 3.97. The van der Waals surface area contributed by atoms with Crippen molar-refractivity contribution in [2.24, 2.45) is 0 Å². The summed E-state index contributed by atoms with van der Waals surface area (Å²) in [6.45, 7) is 8.83. The number of hydrogen-bond donors (Lipinski definition) is 0. The Morgan fingerprint density at radius 2 is 1.93 bits per heavy atom. The zero-order valence-corrected chi connectivity index (χ0v) is 9.67. The summed E-state index contributed by atoms with van der Waals surface area (Å²) in [7, 11) is 0. The van der Waals surface area contributed by atoms with Crippen molar-refractivity contribution in [2.45, 2.75) is 57.9 Å². The molecule has 0 aromatic carbocycles. The predicted molar refractivity (Wildman–Crippen MR) is 63.6 cm³/mol. The number of piperidine rings is 1. The molecule has 1 nitrogen and oxygen atoms in total. The van der Waals surface area contributed by atoms with Gasteiger partial charge in [0.2, 0.25) is 0 Å². The van der Waals surface area contributed by atoms with Crippen LogP contribution >= 0.6 is 0 Å². The SMILES string of the molecule is C=CC(CCCCC)N1CCCCC1. The zero-order chi connectivity index (χ0) is 10.2. The first-order chi connectivity index (χ1) is 6.88. The molecule has 14 heavy (non-hydrogen) atoms. The van der Waals surface area contributed by atoms with Crippen LogP contribution in [-0.4, -0.2) is 24.0 Å². The van der Waals surface area contributed by atoms with E-state index in [2.05, 4.69) is 24.5 Å². The van der Waals surface area contributed by atoms with E-state index in [0.29, 0.717) is 6.04 Å². The number of hydrogen-bond acceptors (Lipinski definition) is 1. The Labute approximate surface area is 89.2 Å². The highest BCUT2D eigenvalue weighted by Crippen LogP contribution is 2.17. The Bertz CT molecular complexity index is 147. The molecule has 0 saturated carbocycles. The molecule has 1 unspecified atom stereocenters. The van der Waals surface area contributed by atoms with Crippen LogP contribution < -0.4 is 0 Å². The first kappa shape index (κ1) is 11.8. The normalized spacial score (nSPS) is 20.6. The standard InChI is InChI=1S/C13H25N/c1-3-5-7-10-13(4-2)14-11-8-6-9-12-14/h4,13H,2-3,5-12H2,1H3. The van der Waals surface area contributed by atoms with Gasteiger partial charge in [0, 0.05) is 6.04 Å². The summed E-state index contributed by atoms with van der Waals surface area (Å²) in [5.74, 6) is 0. The fraction of sp³-hybridized carbons (Fsp3) is 0.846. The van der Waals surface area contributed by atoms with Crippen LogP contribution in [0, 0.1) is 0 Å². The molecule has 0 radical (unpaired) electrons. The van der Waals surface area contributed by atoms with Crippen LogP contribution in [0.25, 0.3) is 0 Å². The van der Waals surface area contributed by atoms with Crippen LogP contribution in [0.4, 0.5) is 0 Å². The van der Waals surface area contributed by atoms with Crippen LogP contribution in [0.15, 0.2) is 12.7 Å². The molecule has 1 atom stereocenters. The third kappa shape index (κ3) is 3.83. The Balaban J connectivity index is 2.24. The largest absolute Gasteiger partial charge is 0.297 e. The number of rotatable bonds is 6. The summed E-state index contributed by atoms with van der Waals surface area (Å²) in [5, 5.41) is 0.